The number of hydrogen-bond donors (Lipinski definition) is 0. The molecule has 128 valence electrons. The molecule has 2 radical (unpaired) electrons. The molecule has 0 amide bonds. The molecule has 0 unspecified atom stereocenters. The SMILES string of the molecule is CC.CC.CCC.CCC.[Ag+].[CH3-].[CH3-].[CH3-].[Pd].[Pd].[Y].[Y]. The van der Waals surface area contributed by atoms with Crippen LogP contribution in [0.15, 0.2) is 0 Å². The zero-order valence-corrected chi connectivity index (χ0v) is 24.8. The third-order valence-electron chi connectivity index (χ3n) is 0. The second kappa shape index (κ2) is 222. The Kier molecular flexibility index (Phi) is 1180. The van der Waals surface area contributed by atoms with Crippen LogP contribution in [-0.2, 0) is 129 Å². The molecule has 0 aromatic rings. The maximum absolute atomic E-state index is 2.12. The van der Waals surface area contributed by atoms with Gasteiger partial charge in [0.1, 0.15) is 0 Å². The van der Waals surface area contributed by atoms with Gasteiger partial charge in [-0.05, 0) is 0 Å². The van der Waals surface area contributed by atoms with Crippen LogP contribution in [0.4, 0.5) is 0 Å². The van der Waals surface area contributed by atoms with Crippen LogP contribution in [0.3, 0.4) is 0 Å². The standard InChI is InChI=1S/2C3H8.2C2H6.3CH3.Ag.2Pd.2Y/c2*1-3-2;2*1-2;;;;;;;;/h2*3H2,1-2H3;2*1-2H3;3*1H3;;;;;/q;;;;3*-1;+1;;;;. The Balaban J connectivity index is -0.00000000235. The fourth-order valence-electron chi connectivity index (χ4n) is 0. The molecule has 18 heavy (non-hydrogen) atoms. The zero-order valence-electron chi connectivity index (χ0n) is 14.5. The molecule has 0 aliphatic heterocycles. The largest absolute Gasteiger partial charge is 1.00 e. The van der Waals surface area contributed by atoms with Crippen LogP contribution in [0.1, 0.15) is 68.2 Å². The summed E-state index contributed by atoms with van der Waals surface area (Å²) in [4.78, 5) is 0. The molecular weight excluding hydrogens is 655 g/mol. The third-order valence-corrected chi connectivity index (χ3v) is 0. The molecule has 5 heteroatoms. The predicted molar refractivity (Wildman–Crippen MR) is 73.9 cm³/mol. The quantitative estimate of drug-likeness (QED) is 0.209. The van der Waals surface area contributed by atoms with Crippen molar-refractivity contribution in [1.29, 1.82) is 0 Å². The van der Waals surface area contributed by atoms with E-state index in [1.54, 1.807) is 0 Å². The van der Waals surface area contributed by atoms with Crippen molar-refractivity contribution < 1.29 is 129 Å². The monoisotopic (exact) mass is 690 g/mol. The smallest absolute Gasteiger partial charge is 0.358 e. The minimum atomic E-state index is 0. The molecule has 0 saturated heterocycles. The van der Waals surface area contributed by atoms with Gasteiger partial charge in [0.25, 0.3) is 0 Å². The van der Waals surface area contributed by atoms with Crippen LogP contribution in [0, 0.1) is 22.3 Å². The summed E-state index contributed by atoms with van der Waals surface area (Å²) in [5.41, 5.74) is 0. The van der Waals surface area contributed by atoms with Gasteiger partial charge in [-0.25, -0.2) is 0 Å². The second-order valence-electron chi connectivity index (χ2n) is 1.41. The van der Waals surface area contributed by atoms with Gasteiger partial charge in [0.15, 0.2) is 0 Å². The predicted octanol–water partition coefficient (Wildman–Crippen LogP) is 6.22. The van der Waals surface area contributed by atoms with E-state index in [1.165, 1.54) is 12.8 Å². The van der Waals surface area contributed by atoms with E-state index in [0.29, 0.717) is 0 Å². The van der Waals surface area contributed by atoms with Crippen LogP contribution >= 0.6 is 0 Å². The van der Waals surface area contributed by atoms with Gasteiger partial charge in [-0.2, -0.15) is 0 Å². The van der Waals surface area contributed by atoms with E-state index >= 15 is 0 Å². The molecular formula is C13H37AgPd2Y2-2. The van der Waals surface area contributed by atoms with Gasteiger partial charge in [0, 0.05) is 106 Å². The first-order chi connectivity index (χ1) is 4.83. The van der Waals surface area contributed by atoms with Gasteiger partial charge in [-0.3, -0.25) is 0 Å². The minimum Gasteiger partial charge on any atom is -0.358 e. The van der Waals surface area contributed by atoms with Crippen LogP contribution in [-0.4, -0.2) is 0 Å². The van der Waals surface area contributed by atoms with Crippen LogP contribution < -0.4 is 0 Å². The molecule has 0 heterocycles. The maximum Gasteiger partial charge on any atom is 1.00 e. The molecule has 0 aliphatic rings. The molecule has 0 rings (SSSR count). The normalized spacial score (nSPS) is 2.67. The Morgan fingerprint density at radius 3 is 0.500 bits per heavy atom. The fourth-order valence-corrected chi connectivity index (χ4v) is 0. The van der Waals surface area contributed by atoms with Crippen molar-refractivity contribution >= 4 is 0 Å². The second-order valence-corrected chi connectivity index (χ2v) is 1.41. The van der Waals surface area contributed by atoms with E-state index in [1.807, 2.05) is 27.7 Å². The van der Waals surface area contributed by atoms with Crippen molar-refractivity contribution in [2.24, 2.45) is 0 Å². The van der Waals surface area contributed by atoms with Gasteiger partial charge in [0.05, 0.1) is 0 Å². The molecule has 0 bridgehead atoms. The van der Waals surface area contributed by atoms with E-state index in [2.05, 4.69) is 27.7 Å². The zero-order chi connectivity index (χ0) is 9.41. The summed E-state index contributed by atoms with van der Waals surface area (Å²) in [6, 6.07) is 0. The van der Waals surface area contributed by atoms with Gasteiger partial charge in [-0.15, -0.1) is 0 Å². The Morgan fingerprint density at radius 2 is 0.500 bits per heavy atom. The Hall–Kier alpha value is 4.27. The summed E-state index contributed by atoms with van der Waals surface area (Å²) in [6.45, 7) is 16.5. The maximum atomic E-state index is 2.12. The van der Waals surface area contributed by atoms with E-state index in [0.717, 1.165) is 0 Å². The first-order valence-corrected chi connectivity index (χ1v) is 4.83. The van der Waals surface area contributed by atoms with E-state index in [9.17, 15) is 0 Å². The average molecular weight is 692 g/mol. The van der Waals surface area contributed by atoms with Crippen molar-refractivity contribution in [2.45, 2.75) is 68.2 Å². The van der Waals surface area contributed by atoms with Crippen molar-refractivity contribution in [3.05, 3.63) is 22.3 Å². The summed E-state index contributed by atoms with van der Waals surface area (Å²) in [5.74, 6) is 0. The molecule has 0 aromatic carbocycles. The Morgan fingerprint density at radius 1 is 0.500 bits per heavy atom. The van der Waals surface area contributed by atoms with Gasteiger partial charge >= 0.3 is 22.4 Å². The topological polar surface area (TPSA) is 0 Å². The molecule has 0 N–H and O–H groups in total. The summed E-state index contributed by atoms with van der Waals surface area (Å²) >= 11 is 0. The summed E-state index contributed by atoms with van der Waals surface area (Å²) in [6.07, 6.45) is 2.50. The van der Waals surface area contributed by atoms with E-state index < -0.39 is 0 Å². The van der Waals surface area contributed by atoms with Crippen molar-refractivity contribution in [2.75, 3.05) is 0 Å². The number of rotatable bonds is 0. The summed E-state index contributed by atoms with van der Waals surface area (Å²) in [5, 5.41) is 0. The van der Waals surface area contributed by atoms with Crippen molar-refractivity contribution in [1.82, 2.24) is 0 Å². The average Bonchev–Trinajstić information content (AvgIpc) is 1.99. The van der Waals surface area contributed by atoms with Crippen molar-refractivity contribution in [3.63, 3.8) is 0 Å². The van der Waals surface area contributed by atoms with Crippen LogP contribution in [0.5, 0.6) is 0 Å². The Labute approximate surface area is 215 Å². The van der Waals surface area contributed by atoms with E-state index in [4.69, 9.17) is 0 Å². The van der Waals surface area contributed by atoms with Crippen LogP contribution in [0.25, 0.3) is 0 Å². The number of hydrogen-bond acceptors (Lipinski definition) is 0. The molecule has 0 spiro atoms. The molecule has 0 atom stereocenters. The molecule has 0 nitrogen and oxygen atoms in total. The van der Waals surface area contributed by atoms with Crippen molar-refractivity contribution in [3.8, 4) is 0 Å². The molecule has 0 fully saturated rings. The Bertz CT molecular complexity index is 25.0. The first-order valence-electron chi connectivity index (χ1n) is 4.83. The molecule has 0 saturated carbocycles. The van der Waals surface area contributed by atoms with Crippen LogP contribution in [0.2, 0.25) is 0 Å². The van der Waals surface area contributed by atoms with E-state index in [-0.39, 0.29) is 151 Å². The first kappa shape index (κ1) is 95.5. The summed E-state index contributed by atoms with van der Waals surface area (Å²) < 4.78 is 0. The van der Waals surface area contributed by atoms with Gasteiger partial charge in [0.2, 0.25) is 0 Å². The molecule has 0 aromatic heterocycles. The third kappa shape index (κ3) is 412. The minimum absolute atomic E-state index is 0. The van der Waals surface area contributed by atoms with Gasteiger partial charge in [-0.1, -0.05) is 68.2 Å². The fraction of sp³-hybridized carbons (Fsp3) is 0.769. The molecule has 0 aliphatic carbocycles. The summed E-state index contributed by atoms with van der Waals surface area (Å²) in [7, 11) is 0. The van der Waals surface area contributed by atoms with Gasteiger partial charge < -0.3 is 22.3 Å².